The second-order valence-corrected chi connectivity index (χ2v) is 8.17. The fourth-order valence-corrected chi connectivity index (χ4v) is 4.32. The summed E-state index contributed by atoms with van der Waals surface area (Å²) in [5.41, 5.74) is 4.39. The Balaban J connectivity index is 1.83. The van der Waals surface area contributed by atoms with Crippen molar-refractivity contribution in [3.8, 4) is 11.1 Å². The topological polar surface area (TPSA) is 61.9 Å². The standard InChI is InChI=1S/C21H27N3O3S/c1-14-5-6-15(2)16(11-14)17-13-28-20(19(17)21(26)27-4)22-18(25)12-24-9-7-23(3)8-10-24/h5-6,11,13H,7-10,12H2,1-4H3,(H,22,25). The van der Waals surface area contributed by atoms with Crippen LogP contribution in [-0.2, 0) is 9.53 Å². The lowest BCUT2D eigenvalue weighted by Gasteiger charge is -2.31. The third kappa shape index (κ3) is 4.60. The van der Waals surface area contributed by atoms with E-state index in [1.54, 1.807) is 0 Å². The zero-order chi connectivity index (χ0) is 20.3. The van der Waals surface area contributed by atoms with Crippen LogP contribution in [0.1, 0.15) is 21.5 Å². The van der Waals surface area contributed by atoms with Crippen LogP contribution in [0.3, 0.4) is 0 Å². The average Bonchev–Trinajstić information content (AvgIpc) is 3.08. The number of piperazine rings is 1. The molecule has 0 radical (unpaired) electrons. The summed E-state index contributed by atoms with van der Waals surface area (Å²) in [5, 5.41) is 5.39. The lowest BCUT2D eigenvalue weighted by Crippen LogP contribution is -2.47. The van der Waals surface area contributed by atoms with Crippen molar-refractivity contribution in [1.82, 2.24) is 9.80 Å². The highest BCUT2D eigenvalue weighted by Crippen LogP contribution is 2.38. The first-order valence-corrected chi connectivity index (χ1v) is 10.2. The van der Waals surface area contributed by atoms with Crippen molar-refractivity contribution in [3.05, 3.63) is 40.3 Å². The third-order valence-corrected chi connectivity index (χ3v) is 5.98. The monoisotopic (exact) mass is 401 g/mol. The van der Waals surface area contributed by atoms with Gasteiger partial charge in [-0.3, -0.25) is 9.69 Å². The molecule has 1 N–H and O–H groups in total. The number of aryl methyl sites for hydroxylation is 2. The molecule has 3 rings (SSSR count). The van der Waals surface area contributed by atoms with E-state index in [1.165, 1.54) is 18.4 Å². The van der Waals surface area contributed by atoms with Crippen molar-refractivity contribution in [3.63, 3.8) is 0 Å². The summed E-state index contributed by atoms with van der Waals surface area (Å²) >= 11 is 1.36. The minimum absolute atomic E-state index is 0.107. The van der Waals surface area contributed by atoms with Gasteiger partial charge < -0.3 is 15.0 Å². The van der Waals surface area contributed by atoms with Gasteiger partial charge >= 0.3 is 5.97 Å². The minimum atomic E-state index is -0.438. The van der Waals surface area contributed by atoms with E-state index in [1.807, 2.05) is 31.4 Å². The molecule has 1 amide bonds. The number of benzene rings is 1. The molecule has 1 aromatic heterocycles. The Kier molecular flexibility index (Phi) is 6.49. The lowest BCUT2D eigenvalue weighted by molar-refractivity contribution is -0.117. The van der Waals surface area contributed by atoms with Gasteiger partial charge in [-0.1, -0.05) is 23.8 Å². The van der Waals surface area contributed by atoms with Gasteiger partial charge in [-0.05, 0) is 32.0 Å². The number of likely N-dealkylation sites (N-methyl/N-ethyl adjacent to an activating group) is 1. The van der Waals surface area contributed by atoms with Gasteiger partial charge in [0, 0.05) is 37.1 Å². The molecule has 1 fully saturated rings. The fourth-order valence-electron chi connectivity index (χ4n) is 3.35. The van der Waals surface area contributed by atoms with Crippen molar-refractivity contribution < 1.29 is 14.3 Å². The molecule has 1 aliphatic heterocycles. The zero-order valence-corrected chi connectivity index (χ0v) is 17.7. The summed E-state index contributed by atoms with van der Waals surface area (Å²) in [6.45, 7) is 8.00. The Morgan fingerprint density at radius 3 is 2.54 bits per heavy atom. The highest BCUT2D eigenvalue weighted by atomic mass is 32.1. The Labute approximate surface area is 170 Å². The molecule has 0 bridgehead atoms. The van der Waals surface area contributed by atoms with Crippen molar-refractivity contribution in [2.75, 3.05) is 52.2 Å². The van der Waals surface area contributed by atoms with E-state index in [9.17, 15) is 9.59 Å². The molecule has 28 heavy (non-hydrogen) atoms. The Morgan fingerprint density at radius 1 is 1.14 bits per heavy atom. The lowest BCUT2D eigenvalue weighted by atomic mass is 9.97. The van der Waals surface area contributed by atoms with Gasteiger partial charge in [0.25, 0.3) is 0 Å². The van der Waals surface area contributed by atoms with E-state index in [4.69, 9.17) is 4.74 Å². The van der Waals surface area contributed by atoms with Gasteiger partial charge in [-0.25, -0.2) is 4.79 Å². The number of amides is 1. The summed E-state index contributed by atoms with van der Waals surface area (Å²) < 4.78 is 5.01. The largest absolute Gasteiger partial charge is 0.465 e. The van der Waals surface area contributed by atoms with Crippen LogP contribution in [0.5, 0.6) is 0 Å². The molecule has 0 atom stereocenters. The minimum Gasteiger partial charge on any atom is -0.465 e. The SMILES string of the molecule is COC(=O)c1c(-c2cc(C)ccc2C)csc1NC(=O)CN1CCN(C)CC1. The van der Waals surface area contributed by atoms with Crippen LogP contribution >= 0.6 is 11.3 Å². The number of esters is 1. The van der Waals surface area contributed by atoms with Crippen LogP contribution in [0.25, 0.3) is 11.1 Å². The second kappa shape index (κ2) is 8.86. The number of carbonyl (C=O) groups excluding carboxylic acids is 2. The van der Waals surface area contributed by atoms with Crippen molar-refractivity contribution in [1.29, 1.82) is 0 Å². The summed E-state index contributed by atoms with van der Waals surface area (Å²) in [6, 6.07) is 6.14. The molecule has 6 nitrogen and oxygen atoms in total. The first-order valence-electron chi connectivity index (χ1n) is 9.37. The number of rotatable bonds is 5. The zero-order valence-electron chi connectivity index (χ0n) is 16.9. The molecule has 1 saturated heterocycles. The summed E-state index contributed by atoms with van der Waals surface area (Å²) in [7, 11) is 3.45. The molecule has 2 aromatic rings. The molecule has 0 aliphatic carbocycles. The summed E-state index contributed by atoms with van der Waals surface area (Å²) in [6.07, 6.45) is 0. The number of anilines is 1. The molecule has 0 unspecified atom stereocenters. The maximum atomic E-state index is 12.6. The Morgan fingerprint density at radius 2 is 1.86 bits per heavy atom. The van der Waals surface area contributed by atoms with Crippen LogP contribution in [0.15, 0.2) is 23.6 Å². The van der Waals surface area contributed by atoms with Gasteiger partial charge in [-0.15, -0.1) is 11.3 Å². The van der Waals surface area contributed by atoms with E-state index in [0.29, 0.717) is 17.1 Å². The van der Waals surface area contributed by atoms with Crippen LogP contribution in [0, 0.1) is 13.8 Å². The maximum absolute atomic E-state index is 12.6. The molecular formula is C21H27N3O3S. The molecule has 150 valence electrons. The van der Waals surface area contributed by atoms with Gasteiger partial charge in [0.1, 0.15) is 10.6 Å². The van der Waals surface area contributed by atoms with Crippen LogP contribution < -0.4 is 5.32 Å². The average molecular weight is 402 g/mol. The predicted octanol–water partition coefficient (Wildman–Crippen LogP) is 3.00. The molecule has 7 heteroatoms. The fraction of sp³-hybridized carbons (Fsp3) is 0.429. The van der Waals surface area contributed by atoms with Crippen molar-refractivity contribution in [2.24, 2.45) is 0 Å². The van der Waals surface area contributed by atoms with Crippen molar-refractivity contribution >= 4 is 28.2 Å². The van der Waals surface area contributed by atoms with Gasteiger partial charge in [-0.2, -0.15) is 0 Å². The molecule has 1 aliphatic rings. The van der Waals surface area contributed by atoms with Gasteiger partial charge in [0.05, 0.1) is 13.7 Å². The number of thiophene rings is 1. The van der Waals surface area contributed by atoms with Crippen molar-refractivity contribution in [2.45, 2.75) is 13.8 Å². The second-order valence-electron chi connectivity index (χ2n) is 7.29. The number of hydrogen-bond donors (Lipinski definition) is 1. The maximum Gasteiger partial charge on any atom is 0.341 e. The smallest absolute Gasteiger partial charge is 0.341 e. The number of methoxy groups -OCH3 is 1. The molecular weight excluding hydrogens is 374 g/mol. The Bertz CT molecular complexity index is 870. The number of carbonyl (C=O) groups is 2. The third-order valence-electron chi connectivity index (χ3n) is 5.08. The first-order chi connectivity index (χ1) is 13.4. The Hall–Kier alpha value is -2.22. The highest BCUT2D eigenvalue weighted by Gasteiger charge is 2.24. The van der Waals surface area contributed by atoms with E-state index >= 15 is 0 Å². The van der Waals surface area contributed by atoms with E-state index in [2.05, 4.69) is 28.2 Å². The van der Waals surface area contributed by atoms with E-state index in [0.717, 1.165) is 48.4 Å². The predicted molar refractivity (Wildman–Crippen MR) is 113 cm³/mol. The molecule has 2 heterocycles. The van der Waals surface area contributed by atoms with Gasteiger partial charge in [0.2, 0.25) is 5.91 Å². The molecule has 0 saturated carbocycles. The first kappa shape index (κ1) is 20.5. The molecule has 0 spiro atoms. The quantitative estimate of drug-likeness (QED) is 0.781. The summed E-state index contributed by atoms with van der Waals surface area (Å²) in [5.74, 6) is -0.545. The van der Waals surface area contributed by atoms with Crippen LogP contribution in [0.4, 0.5) is 5.00 Å². The molecule has 1 aromatic carbocycles. The normalized spacial score (nSPS) is 15.4. The highest BCUT2D eigenvalue weighted by molar-refractivity contribution is 7.15. The number of hydrogen-bond acceptors (Lipinski definition) is 6. The number of ether oxygens (including phenoxy) is 1. The van der Waals surface area contributed by atoms with Crippen LogP contribution in [-0.4, -0.2) is 68.6 Å². The van der Waals surface area contributed by atoms with E-state index in [-0.39, 0.29) is 5.91 Å². The number of nitrogens with zero attached hydrogens (tertiary/aromatic N) is 2. The van der Waals surface area contributed by atoms with Crippen LogP contribution in [0.2, 0.25) is 0 Å². The van der Waals surface area contributed by atoms with E-state index < -0.39 is 5.97 Å². The number of nitrogens with one attached hydrogen (secondary N) is 1. The summed E-state index contributed by atoms with van der Waals surface area (Å²) in [4.78, 5) is 29.5. The van der Waals surface area contributed by atoms with Gasteiger partial charge in [0.15, 0.2) is 0 Å².